The van der Waals surface area contributed by atoms with Gasteiger partial charge in [0.2, 0.25) is 11.8 Å². The molecule has 36 nitrogen and oxygen atoms in total. The Morgan fingerprint density at radius 2 is 0.680 bits per heavy atom. The Bertz CT molecular complexity index is 4280. The lowest BCUT2D eigenvalue weighted by Gasteiger charge is -2.28. The van der Waals surface area contributed by atoms with Gasteiger partial charge >= 0.3 is 0 Å². The highest BCUT2D eigenvalue weighted by Gasteiger charge is 2.37. The molecule has 0 atom stereocenters. The number of hydrogen-bond donors (Lipinski definition) is 0. The molecule has 6 heterocycles. The minimum Gasteiger partial charge on any atom is -0.379 e. The van der Waals surface area contributed by atoms with Crippen molar-refractivity contribution in [1.82, 2.24) is 39.8 Å². The smallest absolute Gasteiger partial charge is 0.269 e. The van der Waals surface area contributed by atoms with E-state index in [1.807, 2.05) is 106 Å². The third-order valence-electron chi connectivity index (χ3n) is 19.7. The molecule has 0 saturated heterocycles. The molecule has 0 spiro atoms. The van der Waals surface area contributed by atoms with E-state index in [1.165, 1.54) is 9.80 Å². The van der Waals surface area contributed by atoms with Crippen LogP contribution in [-0.4, -0.2) is 272 Å². The molecule has 0 radical (unpaired) electrons. The number of nitrogens with zero attached hydrogens (tertiary/aromatic N) is 16. The van der Waals surface area contributed by atoms with Crippen LogP contribution < -0.4 is 9.80 Å². The Balaban J connectivity index is 0.000000277. The van der Waals surface area contributed by atoms with Crippen molar-refractivity contribution in [2.75, 3.05) is 195 Å². The zero-order valence-electron chi connectivity index (χ0n) is 69.0. The van der Waals surface area contributed by atoms with Crippen molar-refractivity contribution in [2.45, 2.75) is 104 Å². The molecule has 38 heteroatoms. The first-order chi connectivity index (χ1) is 59.6. The number of Topliss-reactive ketones (excluding diaryl/α,β-unsaturated/α-hetero) is 2. The number of carbonyl (C=O) groups excluding carboxylic acids is 8. The van der Waals surface area contributed by atoms with Gasteiger partial charge in [-0.25, -0.2) is 9.36 Å². The number of halogens is 2. The largest absolute Gasteiger partial charge is 0.379 e. The molecule has 0 fully saturated rings. The second-order valence-corrected chi connectivity index (χ2v) is 29.6. The Kier molecular flexibility index (Phi) is 42.6. The molecule has 0 saturated carbocycles. The van der Waals surface area contributed by atoms with Gasteiger partial charge in [0.05, 0.1) is 194 Å². The second kappa shape index (κ2) is 54.0. The first kappa shape index (κ1) is 96.1. The molecule has 0 bridgehead atoms. The zero-order chi connectivity index (χ0) is 86.5. The Morgan fingerprint density at radius 1 is 0.369 bits per heavy atom. The summed E-state index contributed by atoms with van der Waals surface area (Å²) in [4.78, 5) is 113. The summed E-state index contributed by atoms with van der Waals surface area (Å²) in [6.45, 7) is 15.0. The molecule has 4 aliphatic heterocycles. The SMILES string of the molecule is CC1=C(C)C(=O)N(CCCOCCOCCOCCOCCC(=O)CCCC(=O)N2Cc3ccccc3-c3c(nnn3CCOCCOCCN=[N+]=[N-])-c3ccccc32)C1=O.[N-]=[N+]=NCCOCCOCCn1nnc2c1-c1ccccc1CN(C(=O)CCCC(=O)CCOCCOCCOCCOCCCN1C(=O)C(Br)=C(Br)C1=O)c1ccccc1-2. The van der Waals surface area contributed by atoms with E-state index in [9.17, 15) is 38.4 Å². The number of benzene rings is 4. The molecule has 10 rings (SSSR count). The number of aromatic nitrogens is 6. The molecular formula is C84H106Br2N16O20. The van der Waals surface area contributed by atoms with Crippen LogP contribution in [0, 0.1) is 0 Å². The number of ether oxygens (including phenoxy) is 12. The number of hydrogen-bond acceptors (Lipinski definition) is 26. The van der Waals surface area contributed by atoms with Crippen LogP contribution in [0.4, 0.5) is 11.4 Å². The van der Waals surface area contributed by atoms with Crippen LogP contribution in [0.3, 0.4) is 0 Å². The van der Waals surface area contributed by atoms with Crippen molar-refractivity contribution in [3.8, 4) is 45.0 Å². The number of ketones is 2. The van der Waals surface area contributed by atoms with E-state index in [4.69, 9.17) is 67.9 Å². The van der Waals surface area contributed by atoms with Gasteiger partial charge in [-0.3, -0.25) is 48.2 Å². The van der Waals surface area contributed by atoms with Gasteiger partial charge in [0.25, 0.3) is 23.6 Å². The van der Waals surface area contributed by atoms with E-state index in [2.05, 4.69) is 72.5 Å². The topological polar surface area (TPSA) is 419 Å². The molecule has 0 unspecified atom stereocenters. The van der Waals surface area contributed by atoms with Gasteiger partial charge in [-0.2, -0.15) is 0 Å². The second-order valence-electron chi connectivity index (χ2n) is 28.0. The van der Waals surface area contributed by atoms with E-state index in [0.29, 0.717) is 226 Å². The molecule has 6 amide bonds. The quantitative estimate of drug-likeness (QED) is 0.0112. The molecular weight excluding hydrogens is 1710 g/mol. The summed E-state index contributed by atoms with van der Waals surface area (Å²) < 4.78 is 70.8. The number of amides is 6. The first-order valence-electron chi connectivity index (χ1n) is 40.9. The minimum absolute atomic E-state index is 0.0296. The normalized spacial score (nSPS) is 13.5. The molecule has 656 valence electrons. The van der Waals surface area contributed by atoms with E-state index in [1.54, 1.807) is 23.6 Å². The van der Waals surface area contributed by atoms with E-state index in [-0.39, 0.29) is 127 Å². The van der Waals surface area contributed by atoms with Crippen LogP contribution >= 0.6 is 31.9 Å². The molecule has 0 N–H and O–H groups in total. The zero-order valence-corrected chi connectivity index (χ0v) is 72.2. The molecule has 6 aromatic rings. The van der Waals surface area contributed by atoms with Crippen LogP contribution in [0.1, 0.15) is 89.2 Å². The highest BCUT2D eigenvalue weighted by atomic mass is 79.9. The number of anilines is 2. The summed E-state index contributed by atoms with van der Waals surface area (Å²) in [5, 5.41) is 25.1. The number of fused-ring (bicyclic) bond motifs is 10. The third-order valence-corrected chi connectivity index (χ3v) is 21.7. The fourth-order valence-electron chi connectivity index (χ4n) is 13.3. The molecule has 0 aliphatic carbocycles. The van der Waals surface area contributed by atoms with Gasteiger partial charge in [0.15, 0.2) is 0 Å². The summed E-state index contributed by atoms with van der Waals surface area (Å²) in [6, 6.07) is 31.2. The van der Waals surface area contributed by atoms with Gasteiger partial charge in [-0.1, -0.05) is 106 Å². The van der Waals surface area contributed by atoms with Crippen molar-refractivity contribution in [2.24, 2.45) is 10.2 Å². The average molecular weight is 1820 g/mol. The van der Waals surface area contributed by atoms with Crippen molar-refractivity contribution in [3.63, 3.8) is 0 Å². The van der Waals surface area contributed by atoms with E-state index < -0.39 is 0 Å². The van der Waals surface area contributed by atoms with Gasteiger partial charge in [0, 0.05) is 121 Å². The van der Waals surface area contributed by atoms with Crippen molar-refractivity contribution in [1.29, 1.82) is 0 Å². The van der Waals surface area contributed by atoms with Gasteiger partial charge in [-0.15, -0.1) is 10.2 Å². The summed E-state index contributed by atoms with van der Waals surface area (Å²) in [7, 11) is 0. The number of rotatable bonds is 58. The van der Waals surface area contributed by atoms with Gasteiger partial charge in [-0.05, 0) is 106 Å². The summed E-state index contributed by atoms with van der Waals surface area (Å²) in [5.41, 5.74) is 27.6. The summed E-state index contributed by atoms with van der Waals surface area (Å²) in [5.74, 6) is -1.28. The summed E-state index contributed by atoms with van der Waals surface area (Å²) >= 11 is 6.21. The molecule has 122 heavy (non-hydrogen) atoms. The fourth-order valence-corrected chi connectivity index (χ4v) is 14.1. The Labute approximate surface area is 724 Å². The van der Waals surface area contributed by atoms with Crippen LogP contribution in [0.2, 0.25) is 0 Å². The van der Waals surface area contributed by atoms with Gasteiger partial charge in [0.1, 0.15) is 31.9 Å². The highest BCUT2D eigenvalue weighted by molar-refractivity contribution is 9.14. The Hall–Kier alpha value is -9.70. The van der Waals surface area contributed by atoms with Crippen molar-refractivity contribution < 1.29 is 95.2 Å². The van der Waals surface area contributed by atoms with Crippen molar-refractivity contribution in [3.05, 3.63) is 149 Å². The maximum absolute atomic E-state index is 13.9. The van der Waals surface area contributed by atoms with Crippen LogP contribution in [0.15, 0.2) is 127 Å². The fraction of sp³-hybridized carbons (Fsp3) is 0.524. The predicted molar refractivity (Wildman–Crippen MR) is 455 cm³/mol. The number of imide groups is 2. The molecule has 4 aliphatic rings. The highest BCUT2D eigenvalue weighted by Crippen LogP contribution is 2.43. The van der Waals surface area contributed by atoms with E-state index >= 15 is 0 Å². The Morgan fingerprint density at radius 3 is 1.05 bits per heavy atom. The first-order valence-corrected chi connectivity index (χ1v) is 42.5. The minimum atomic E-state index is -0.357. The third kappa shape index (κ3) is 29.8. The lowest BCUT2D eigenvalue weighted by molar-refractivity contribution is -0.139. The maximum Gasteiger partial charge on any atom is 0.269 e. The van der Waals surface area contributed by atoms with E-state index in [0.717, 1.165) is 56.1 Å². The standard InChI is InChI=1S/C43H56N8O10.C41H50Br2N8O10/c1-32-33(2)43(55)49(42(32)54)17-8-19-56-23-27-60-29-30-61-28-24-57-20-15-35(52)10-7-14-39(53)50-31-34-9-3-4-11-36(34)41-40(37-12-5-6-13-38(37)50)46-48-51(41)18-22-59-26-25-58-21-16-45-47-44;42-36-37(43)41(55)49(40(36)54)15-6-17-56-21-25-60-27-28-61-26-22-57-18-13-31(52)8-5-12-35(53)50-29-30-7-1-2-9-32(30)39-38(33-10-3-4-11-34(33)50)46-48-51(39)16-20-59-24-23-58-19-14-45-47-44/h3-6,9,11-13H,7-8,10,14-31H2,1-2H3;1-4,7,9-11H,5-6,8,12-29H2. The predicted octanol–water partition coefficient (Wildman–Crippen LogP) is 10.9. The molecule has 4 aromatic carbocycles. The monoisotopic (exact) mass is 1820 g/mol. The number of azide groups is 2. The maximum atomic E-state index is 13.9. The molecule has 2 aromatic heterocycles. The van der Waals surface area contributed by atoms with Crippen LogP contribution in [0.25, 0.3) is 65.9 Å². The number of para-hydroxylation sites is 2. The van der Waals surface area contributed by atoms with Crippen LogP contribution in [-0.2, 0) is 121 Å². The average Bonchev–Trinajstić information content (AvgIpc) is 1.60. The van der Waals surface area contributed by atoms with Crippen molar-refractivity contribution >= 4 is 90.2 Å². The lowest BCUT2D eigenvalue weighted by Crippen LogP contribution is -2.33. The van der Waals surface area contributed by atoms with Gasteiger partial charge < -0.3 is 66.6 Å². The lowest BCUT2D eigenvalue weighted by atomic mass is 9.95. The van der Waals surface area contributed by atoms with Crippen LogP contribution in [0.5, 0.6) is 0 Å². The number of carbonyl (C=O) groups is 8. The summed E-state index contributed by atoms with van der Waals surface area (Å²) in [6.07, 6.45) is 3.39.